The lowest BCUT2D eigenvalue weighted by molar-refractivity contribution is 0.191. The lowest BCUT2D eigenvalue weighted by Gasteiger charge is -2.37. The molecule has 3 heterocycles. The number of carbonyl (C=O) groups is 1. The van der Waals surface area contributed by atoms with E-state index in [4.69, 9.17) is 16.9 Å². The van der Waals surface area contributed by atoms with Gasteiger partial charge < -0.3 is 9.80 Å². The molecule has 0 bridgehead atoms. The van der Waals surface area contributed by atoms with Crippen molar-refractivity contribution in [1.29, 1.82) is 5.26 Å². The van der Waals surface area contributed by atoms with Crippen LogP contribution in [0.1, 0.15) is 18.5 Å². The van der Waals surface area contributed by atoms with Crippen LogP contribution in [-0.2, 0) is 0 Å². The summed E-state index contributed by atoms with van der Waals surface area (Å²) in [5.41, 5.74) is 0.281. The van der Waals surface area contributed by atoms with Crippen molar-refractivity contribution in [2.75, 3.05) is 36.0 Å². The summed E-state index contributed by atoms with van der Waals surface area (Å²) in [5.74, 6) is -0.0685. The number of nitriles is 1. The summed E-state index contributed by atoms with van der Waals surface area (Å²) >= 11 is 5.97. The smallest absolute Gasteiger partial charge is 0.325 e. The molecule has 28 heavy (non-hydrogen) atoms. The van der Waals surface area contributed by atoms with E-state index >= 15 is 0 Å². The molecule has 0 spiro atoms. The minimum atomic E-state index is -0.408. The van der Waals surface area contributed by atoms with Gasteiger partial charge in [0.25, 0.3) is 0 Å². The number of anilines is 2. The van der Waals surface area contributed by atoms with Crippen molar-refractivity contribution in [3.63, 3.8) is 0 Å². The van der Waals surface area contributed by atoms with E-state index in [1.165, 1.54) is 11.0 Å². The number of para-hydroxylation sites is 1. The first-order valence-electron chi connectivity index (χ1n) is 8.96. The first-order valence-corrected chi connectivity index (χ1v) is 9.34. The maximum Gasteiger partial charge on any atom is 0.325 e. The summed E-state index contributed by atoms with van der Waals surface area (Å²) in [6.07, 6.45) is 1.68. The molecule has 0 saturated carbocycles. The molecule has 2 aliphatic heterocycles. The fourth-order valence-electron chi connectivity index (χ4n) is 3.68. The average Bonchev–Trinajstić information content (AvgIpc) is 3.09. The highest BCUT2D eigenvalue weighted by Crippen LogP contribution is 2.28. The highest BCUT2D eigenvalue weighted by atomic mass is 35.5. The van der Waals surface area contributed by atoms with Gasteiger partial charge >= 0.3 is 6.03 Å². The molecule has 1 aromatic carbocycles. The van der Waals surface area contributed by atoms with Crippen LogP contribution in [0, 0.1) is 17.1 Å². The predicted molar refractivity (Wildman–Crippen MR) is 101 cm³/mol. The van der Waals surface area contributed by atoms with Gasteiger partial charge in [0.15, 0.2) is 10.8 Å². The molecule has 2 saturated heterocycles. The molecule has 1 atom stereocenters. The third-order valence-electron chi connectivity index (χ3n) is 5.04. The number of rotatable bonds is 3. The molecule has 0 N–H and O–H groups in total. The fourth-order valence-corrected chi connectivity index (χ4v) is 3.83. The van der Waals surface area contributed by atoms with Crippen molar-refractivity contribution in [3.05, 3.63) is 40.9 Å². The number of hydrogen-bond acceptors (Lipinski definition) is 6. The number of nitrogens with zero attached hydrogens (tertiary/aromatic N) is 7. The van der Waals surface area contributed by atoms with E-state index in [9.17, 15) is 9.18 Å². The molecule has 1 unspecified atom stereocenters. The van der Waals surface area contributed by atoms with Gasteiger partial charge in [0.05, 0.1) is 11.7 Å². The van der Waals surface area contributed by atoms with Crippen molar-refractivity contribution in [1.82, 2.24) is 20.1 Å². The van der Waals surface area contributed by atoms with Crippen molar-refractivity contribution in [3.8, 4) is 6.07 Å². The summed E-state index contributed by atoms with van der Waals surface area (Å²) in [7, 11) is 0. The number of halogens is 2. The van der Waals surface area contributed by atoms with Crippen molar-refractivity contribution < 1.29 is 9.18 Å². The Morgan fingerprint density at radius 2 is 2.04 bits per heavy atom. The Hall–Kier alpha value is -2.99. The molecule has 10 heteroatoms. The van der Waals surface area contributed by atoms with Crippen LogP contribution in [0.2, 0.25) is 5.15 Å². The van der Waals surface area contributed by atoms with Crippen LogP contribution in [0.3, 0.4) is 0 Å². The summed E-state index contributed by atoms with van der Waals surface area (Å²) < 4.78 is 14.1. The Balaban J connectivity index is 1.49. The Morgan fingerprint density at radius 1 is 1.21 bits per heavy atom. The highest BCUT2D eigenvalue weighted by molar-refractivity contribution is 6.30. The van der Waals surface area contributed by atoms with E-state index in [0.29, 0.717) is 37.8 Å². The number of hydrogen-bond donors (Lipinski definition) is 0. The second-order valence-corrected chi connectivity index (χ2v) is 7.04. The van der Waals surface area contributed by atoms with Gasteiger partial charge in [-0.2, -0.15) is 10.2 Å². The zero-order valence-electron chi connectivity index (χ0n) is 14.9. The molecule has 0 aliphatic carbocycles. The topological polar surface area (TPSA) is 89.3 Å². The number of carbonyl (C=O) groups excluding carboxylic acids is 1. The van der Waals surface area contributed by atoms with Crippen molar-refractivity contribution >= 4 is 29.3 Å². The van der Waals surface area contributed by atoms with E-state index in [2.05, 4.69) is 15.2 Å². The van der Waals surface area contributed by atoms with Gasteiger partial charge in [0.2, 0.25) is 5.95 Å². The molecule has 0 radical (unpaired) electrons. The second-order valence-electron chi connectivity index (χ2n) is 6.68. The van der Waals surface area contributed by atoms with E-state index in [1.807, 2.05) is 11.0 Å². The molecular weight excluding hydrogens is 385 g/mol. The predicted octanol–water partition coefficient (Wildman–Crippen LogP) is 2.45. The number of urea groups is 1. The molecule has 2 aliphatic rings. The van der Waals surface area contributed by atoms with Gasteiger partial charge in [0.1, 0.15) is 11.9 Å². The van der Waals surface area contributed by atoms with Crippen LogP contribution in [-0.4, -0.2) is 58.3 Å². The minimum Gasteiger partial charge on any atom is -0.337 e. The van der Waals surface area contributed by atoms with Crippen LogP contribution in [0.25, 0.3) is 0 Å². The van der Waals surface area contributed by atoms with Gasteiger partial charge in [-0.15, -0.1) is 10.2 Å². The Labute approximate surface area is 166 Å². The summed E-state index contributed by atoms with van der Waals surface area (Å²) in [6.45, 7) is 2.20. The average molecular weight is 402 g/mol. The first-order chi connectivity index (χ1) is 13.6. The third kappa shape index (κ3) is 3.31. The largest absolute Gasteiger partial charge is 0.337 e. The van der Waals surface area contributed by atoms with Gasteiger partial charge in [-0.25, -0.2) is 9.18 Å². The molecule has 2 amide bonds. The molecule has 2 fully saturated rings. The standard InChI is InChI=1S/C18H17ClFN7O/c19-16-14(10-21)23-24-17(22-16)25-7-3-4-12(11-25)26-8-9-27(18(26)28)15-6-2-1-5-13(15)20/h1-2,5-6,12H,3-4,7-9,11H2. The monoisotopic (exact) mass is 401 g/mol. The molecule has 2 aromatic rings. The maximum atomic E-state index is 14.1. The van der Waals surface area contributed by atoms with Crippen LogP contribution in [0.4, 0.5) is 20.8 Å². The fraction of sp³-hybridized carbons (Fsp3) is 0.389. The molecule has 8 nitrogen and oxygen atoms in total. The van der Waals surface area contributed by atoms with Crippen LogP contribution in [0.5, 0.6) is 0 Å². The van der Waals surface area contributed by atoms with E-state index < -0.39 is 5.82 Å². The van der Waals surface area contributed by atoms with E-state index in [-0.39, 0.29) is 22.9 Å². The highest BCUT2D eigenvalue weighted by Gasteiger charge is 2.37. The quantitative estimate of drug-likeness (QED) is 0.784. The van der Waals surface area contributed by atoms with Gasteiger partial charge in [-0.05, 0) is 25.0 Å². The number of amides is 2. The number of aromatic nitrogens is 3. The summed E-state index contributed by atoms with van der Waals surface area (Å²) in [5, 5.41) is 16.7. The normalized spacial score (nSPS) is 19.8. The molecule has 4 rings (SSSR count). The maximum absolute atomic E-state index is 14.1. The SMILES string of the molecule is N#Cc1nnc(N2CCCC(N3CCN(c4ccccc4F)C3=O)C2)nc1Cl. The lowest BCUT2D eigenvalue weighted by atomic mass is 10.0. The Kier molecular flexibility index (Phi) is 4.96. The molecule has 144 valence electrons. The zero-order chi connectivity index (χ0) is 19.7. The van der Waals surface area contributed by atoms with Crippen LogP contribution < -0.4 is 9.80 Å². The summed E-state index contributed by atoms with van der Waals surface area (Å²) in [4.78, 5) is 22.2. The number of piperidine rings is 1. The van der Waals surface area contributed by atoms with Crippen molar-refractivity contribution in [2.45, 2.75) is 18.9 Å². The molecular formula is C18H17ClFN7O. The third-order valence-corrected chi connectivity index (χ3v) is 5.31. The van der Waals surface area contributed by atoms with Gasteiger partial charge in [0, 0.05) is 26.2 Å². The second kappa shape index (κ2) is 7.56. The van der Waals surface area contributed by atoms with Crippen molar-refractivity contribution in [2.24, 2.45) is 0 Å². The number of benzene rings is 1. The first kappa shape index (κ1) is 18.4. The van der Waals surface area contributed by atoms with E-state index in [1.54, 1.807) is 23.1 Å². The zero-order valence-corrected chi connectivity index (χ0v) is 15.7. The lowest BCUT2D eigenvalue weighted by Crippen LogP contribution is -2.50. The summed E-state index contributed by atoms with van der Waals surface area (Å²) in [6, 6.07) is 7.88. The van der Waals surface area contributed by atoms with Crippen LogP contribution >= 0.6 is 11.6 Å². The van der Waals surface area contributed by atoms with Crippen LogP contribution in [0.15, 0.2) is 24.3 Å². The van der Waals surface area contributed by atoms with E-state index in [0.717, 1.165) is 12.8 Å². The minimum absolute atomic E-state index is 0.0117. The van der Waals surface area contributed by atoms with Gasteiger partial charge in [-0.1, -0.05) is 23.7 Å². The Morgan fingerprint density at radius 3 is 2.79 bits per heavy atom. The molecule has 1 aromatic heterocycles. The Bertz CT molecular complexity index is 950. The van der Waals surface area contributed by atoms with Gasteiger partial charge in [-0.3, -0.25) is 4.90 Å².